The van der Waals surface area contributed by atoms with E-state index in [2.05, 4.69) is 15.6 Å². The average molecular weight is 310 g/mol. The number of pyridine rings is 1. The second-order valence-corrected chi connectivity index (χ2v) is 5.96. The van der Waals surface area contributed by atoms with Crippen molar-refractivity contribution in [2.75, 3.05) is 18.6 Å². The van der Waals surface area contributed by atoms with Crippen molar-refractivity contribution < 1.29 is 9.72 Å². The first-order chi connectivity index (χ1) is 10.1. The van der Waals surface area contributed by atoms with Crippen LogP contribution in [-0.2, 0) is 0 Å². The molecule has 0 bridgehead atoms. The second-order valence-electron chi connectivity index (χ2n) is 4.88. The molecule has 1 fully saturated rings. The zero-order valence-electron chi connectivity index (χ0n) is 12.0. The molecule has 1 aliphatic rings. The highest BCUT2D eigenvalue weighted by Crippen LogP contribution is 2.29. The first-order valence-electron chi connectivity index (χ1n) is 6.72. The minimum Gasteiger partial charge on any atom is -0.373 e. The Kier molecular flexibility index (Phi) is 5.00. The topological polar surface area (TPSA) is 97.2 Å². The molecule has 0 aromatic carbocycles. The molecule has 2 atom stereocenters. The first-order valence-corrected chi connectivity index (χ1v) is 8.01. The zero-order valence-corrected chi connectivity index (χ0v) is 12.8. The summed E-state index contributed by atoms with van der Waals surface area (Å²) in [7, 11) is 1.65. The van der Waals surface area contributed by atoms with Gasteiger partial charge in [0.25, 0.3) is 11.6 Å². The minimum atomic E-state index is -0.581. The number of thioether (sulfide) groups is 1. The van der Waals surface area contributed by atoms with Crippen LogP contribution in [0.5, 0.6) is 0 Å². The summed E-state index contributed by atoms with van der Waals surface area (Å²) in [6.45, 7) is 0. The van der Waals surface area contributed by atoms with Crippen LogP contribution < -0.4 is 10.6 Å². The van der Waals surface area contributed by atoms with Gasteiger partial charge in [-0.3, -0.25) is 14.9 Å². The molecule has 114 valence electrons. The number of carbonyl (C=O) groups is 1. The molecule has 0 radical (unpaired) electrons. The molecule has 0 aliphatic heterocycles. The van der Waals surface area contributed by atoms with Gasteiger partial charge in [-0.2, -0.15) is 11.8 Å². The fourth-order valence-electron chi connectivity index (χ4n) is 2.53. The molecule has 0 saturated heterocycles. The van der Waals surface area contributed by atoms with Gasteiger partial charge >= 0.3 is 0 Å². The van der Waals surface area contributed by atoms with Crippen LogP contribution in [0.25, 0.3) is 0 Å². The Morgan fingerprint density at radius 2 is 2.29 bits per heavy atom. The quantitative estimate of drug-likeness (QED) is 0.638. The number of amides is 1. The Morgan fingerprint density at radius 3 is 2.90 bits per heavy atom. The van der Waals surface area contributed by atoms with E-state index in [9.17, 15) is 14.9 Å². The van der Waals surface area contributed by atoms with Crippen molar-refractivity contribution in [3.63, 3.8) is 0 Å². The number of carbonyl (C=O) groups excluding carboxylic acids is 1. The first kappa shape index (κ1) is 15.6. The van der Waals surface area contributed by atoms with Gasteiger partial charge in [0.05, 0.1) is 4.92 Å². The number of anilines is 1. The van der Waals surface area contributed by atoms with E-state index in [-0.39, 0.29) is 17.3 Å². The van der Waals surface area contributed by atoms with Crippen LogP contribution in [0.15, 0.2) is 12.3 Å². The van der Waals surface area contributed by atoms with Crippen molar-refractivity contribution in [3.8, 4) is 0 Å². The molecule has 1 heterocycles. The van der Waals surface area contributed by atoms with Crippen LogP contribution >= 0.6 is 11.8 Å². The Morgan fingerprint density at radius 1 is 1.52 bits per heavy atom. The lowest BCUT2D eigenvalue weighted by atomic mass is 10.1. The smallest absolute Gasteiger partial charge is 0.300 e. The van der Waals surface area contributed by atoms with Crippen LogP contribution in [0.3, 0.4) is 0 Å². The predicted octanol–water partition coefficient (Wildman–Crippen LogP) is 2.05. The SMILES string of the molecule is CNc1cc(C(=O)NC2CCCC2SC)c([N+](=O)[O-])cn1. The van der Waals surface area contributed by atoms with Gasteiger partial charge in [-0.1, -0.05) is 6.42 Å². The summed E-state index contributed by atoms with van der Waals surface area (Å²) in [5.74, 6) is 0.0186. The molecule has 1 aromatic rings. The zero-order chi connectivity index (χ0) is 15.4. The van der Waals surface area contributed by atoms with Gasteiger partial charge in [0.1, 0.15) is 17.6 Å². The van der Waals surface area contributed by atoms with E-state index in [0.29, 0.717) is 11.1 Å². The van der Waals surface area contributed by atoms with E-state index in [0.717, 1.165) is 25.5 Å². The van der Waals surface area contributed by atoms with Crippen molar-refractivity contribution >= 4 is 29.2 Å². The van der Waals surface area contributed by atoms with Crippen molar-refractivity contribution in [2.45, 2.75) is 30.6 Å². The summed E-state index contributed by atoms with van der Waals surface area (Å²) in [5, 5.41) is 17.1. The molecular weight excluding hydrogens is 292 g/mol. The molecule has 1 aliphatic carbocycles. The van der Waals surface area contributed by atoms with Crippen molar-refractivity contribution in [2.24, 2.45) is 0 Å². The van der Waals surface area contributed by atoms with Crippen LogP contribution in [0, 0.1) is 10.1 Å². The van der Waals surface area contributed by atoms with Crippen molar-refractivity contribution in [1.82, 2.24) is 10.3 Å². The highest BCUT2D eigenvalue weighted by Gasteiger charge is 2.30. The maximum absolute atomic E-state index is 12.4. The van der Waals surface area contributed by atoms with Gasteiger partial charge in [0, 0.05) is 24.4 Å². The summed E-state index contributed by atoms with van der Waals surface area (Å²) in [6, 6.07) is 1.48. The normalized spacial score (nSPS) is 21.0. The van der Waals surface area contributed by atoms with E-state index >= 15 is 0 Å². The third-order valence-electron chi connectivity index (χ3n) is 3.65. The summed E-state index contributed by atoms with van der Waals surface area (Å²) in [4.78, 5) is 26.7. The van der Waals surface area contributed by atoms with E-state index in [4.69, 9.17) is 0 Å². The molecule has 21 heavy (non-hydrogen) atoms. The summed E-state index contributed by atoms with van der Waals surface area (Å²) >= 11 is 1.72. The van der Waals surface area contributed by atoms with Gasteiger partial charge in [0.15, 0.2) is 0 Å². The fraction of sp³-hybridized carbons (Fsp3) is 0.538. The molecule has 1 saturated carbocycles. The van der Waals surface area contributed by atoms with Crippen LogP contribution in [0.4, 0.5) is 11.5 Å². The largest absolute Gasteiger partial charge is 0.373 e. The van der Waals surface area contributed by atoms with Crippen molar-refractivity contribution in [1.29, 1.82) is 0 Å². The molecule has 1 amide bonds. The summed E-state index contributed by atoms with van der Waals surface area (Å²) in [5.41, 5.74) is -0.226. The molecule has 2 N–H and O–H groups in total. The van der Waals surface area contributed by atoms with Gasteiger partial charge in [-0.15, -0.1) is 0 Å². The molecule has 0 spiro atoms. The lowest BCUT2D eigenvalue weighted by Crippen LogP contribution is -2.38. The number of hydrogen-bond acceptors (Lipinski definition) is 6. The fourth-order valence-corrected chi connectivity index (χ4v) is 3.47. The van der Waals surface area contributed by atoms with Crippen LogP contribution in [0.1, 0.15) is 29.6 Å². The average Bonchev–Trinajstić information content (AvgIpc) is 2.93. The van der Waals surface area contributed by atoms with Crippen molar-refractivity contribution in [3.05, 3.63) is 27.9 Å². The van der Waals surface area contributed by atoms with Gasteiger partial charge in [0.2, 0.25) is 0 Å². The number of nitrogens with one attached hydrogen (secondary N) is 2. The highest BCUT2D eigenvalue weighted by atomic mass is 32.2. The highest BCUT2D eigenvalue weighted by molar-refractivity contribution is 7.99. The van der Waals surface area contributed by atoms with Gasteiger partial charge in [-0.05, 0) is 19.1 Å². The maximum atomic E-state index is 12.4. The third kappa shape index (κ3) is 3.44. The van der Waals surface area contributed by atoms with Crippen LogP contribution in [-0.4, -0.2) is 40.4 Å². The van der Waals surface area contributed by atoms with E-state index in [1.807, 2.05) is 6.26 Å². The third-order valence-corrected chi connectivity index (χ3v) is 4.82. The van der Waals surface area contributed by atoms with E-state index in [1.165, 1.54) is 6.07 Å². The summed E-state index contributed by atoms with van der Waals surface area (Å²) < 4.78 is 0. The molecule has 2 rings (SSSR count). The number of aromatic nitrogens is 1. The van der Waals surface area contributed by atoms with E-state index in [1.54, 1.807) is 18.8 Å². The number of rotatable bonds is 5. The summed E-state index contributed by atoms with van der Waals surface area (Å²) in [6.07, 6.45) is 6.17. The second kappa shape index (κ2) is 6.75. The van der Waals surface area contributed by atoms with E-state index < -0.39 is 10.8 Å². The Bertz CT molecular complexity index is 552. The monoisotopic (exact) mass is 310 g/mol. The molecule has 7 nitrogen and oxygen atoms in total. The molecule has 1 aromatic heterocycles. The lowest BCUT2D eigenvalue weighted by Gasteiger charge is -2.19. The Hall–Kier alpha value is -1.83. The number of hydrogen-bond donors (Lipinski definition) is 2. The van der Waals surface area contributed by atoms with Gasteiger partial charge in [-0.25, -0.2) is 4.98 Å². The molecule has 8 heteroatoms. The Labute approximate surface area is 127 Å². The maximum Gasteiger partial charge on any atom is 0.300 e. The minimum absolute atomic E-state index is 0.0473. The number of nitro groups is 1. The predicted molar refractivity (Wildman–Crippen MR) is 82.8 cm³/mol. The lowest BCUT2D eigenvalue weighted by molar-refractivity contribution is -0.385. The molecular formula is C13H18N4O3S. The Balaban J connectivity index is 2.23. The molecule has 2 unspecified atom stereocenters. The van der Waals surface area contributed by atoms with Gasteiger partial charge < -0.3 is 10.6 Å². The van der Waals surface area contributed by atoms with Crippen LogP contribution in [0.2, 0.25) is 0 Å². The number of nitrogens with zero attached hydrogens (tertiary/aromatic N) is 2. The standard InChI is InChI=1S/C13H18N4O3S/c1-14-12-6-8(10(7-15-12)17(19)20)13(18)16-9-4-3-5-11(9)21-2/h6-7,9,11H,3-5H2,1-2H3,(H,14,15)(H,16,18).